The Balaban J connectivity index is 2.33. The lowest BCUT2D eigenvalue weighted by Crippen LogP contribution is -2.57. The van der Waals surface area contributed by atoms with E-state index in [0.717, 1.165) is 18.5 Å². The molecule has 0 aromatic heterocycles. The molecule has 1 saturated heterocycles. The highest BCUT2D eigenvalue weighted by molar-refractivity contribution is 5.98. The topological polar surface area (TPSA) is 60.9 Å². The maximum Gasteiger partial charge on any atom is 0.329 e. The molecule has 0 radical (unpaired) electrons. The van der Waals surface area contributed by atoms with Gasteiger partial charge in [-0.2, -0.15) is 0 Å². The van der Waals surface area contributed by atoms with Gasteiger partial charge in [0.05, 0.1) is 0 Å². The first-order valence-corrected chi connectivity index (χ1v) is 7.19. The summed E-state index contributed by atoms with van der Waals surface area (Å²) >= 11 is 0. The third-order valence-electron chi connectivity index (χ3n) is 4.21. The fourth-order valence-corrected chi connectivity index (χ4v) is 2.74. The average Bonchev–Trinajstić information content (AvgIpc) is 2.47. The molecule has 1 N–H and O–H groups in total. The zero-order chi connectivity index (χ0) is 15.6. The molecule has 1 aliphatic rings. The van der Waals surface area contributed by atoms with E-state index in [1.807, 2.05) is 31.1 Å². The number of likely N-dealkylation sites (tertiary alicyclic amines) is 1. The van der Waals surface area contributed by atoms with Crippen LogP contribution in [0.3, 0.4) is 0 Å². The predicted octanol–water partition coefficient (Wildman–Crippen LogP) is 2.22. The van der Waals surface area contributed by atoms with E-state index in [-0.39, 0.29) is 5.91 Å². The SMILES string of the molecule is CN(C)c1cccc(C(=O)N2CCCCC2(C)C(=O)O)c1. The van der Waals surface area contributed by atoms with Crippen molar-refractivity contribution in [3.05, 3.63) is 29.8 Å². The number of benzene rings is 1. The molecule has 1 amide bonds. The lowest BCUT2D eigenvalue weighted by Gasteiger charge is -2.41. The molecule has 1 aromatic carbocycles. The number of carbonyl (C=O) groups is 2. The zero-order valence-electron chi connectivity index (χ0n) is 12.8. The Labute approximate surface area is 125 Å². The smallest absolute Gasteiger partial charge is 0.329 e. The number of piperidine rings is 1. The molecule has 5 heteroatoms. The van der Waals surface area contributed by atoms with E-state index in [0.29, 0.717) is 18.5 Å². The lowest BCUT2D eigenvalue weighted by atomic mass is 9.88. The Morgan fingerprint density at radius 3 is 2.62 bits per heavy atom. The summed E-state index contributed by atoms with van der Waals surface area (Å²) in [5, 5.41) is 9.50. The van der Waals surface area contributed by atoms with Crippen molar-refractivity contribution in [3.8, 4) is 0 Å². The maximum atomic E-state index is 12.7. The van der Waals surface area contributed by atoms with Gasteiger partial charge in [0.15, 0.2) is 0 Å². The number of hydrogen-bond donors (Lipinski definition) is 1. The van der Waals surface area contributed by atoms with Crippen LogP contribution in [0.2, 0.25) is 0 Å². The highest BCUT2D eigenvalue weighted by Gasteiger charge is 2.44. The van der Waals surface area contributed by atoms with Gasteiger partial charge in [-0.1, -0.05) is 6.07 Å². The molecule has 0 aliphatic carbocycles. The number of rotatable bonds is 3. The van der Waals surface area contributed by atoms with Crippen molar-refractivity contribution in [1.82, 2.24) is 4.90 Å². The summed E-state index contributed by atoms with van der Waals surface area (Å²) in [6.45, 7) is 2.13. The molecule has 0 spiro atoms. The minimum absolute atomic E-state index is 0.205. The van der Waals surface area contributed by atoms with Crippen molar-refractivity contribution in [2.75, 3.05) is 25.5 Å². The van der Waals surface area contributed by atoms with Crippen LogP contribution in [-0.4, -0.2) is 48.1 Å². The van der Waals surface area contributed by atoms with Crippen molar-refractivity contribution < 1.29 is 14.7 Å². The van der Waals surface area contributed by atoms with E-state index in [2.05, 4.69) is 0 Å². The van der Waals surface area contributed by atoms with Gasteiger partial charge in [0.2, 0.25) is 0 Å². The van der Waals surface area contributed by atoms with Crippen LogP contribution in [0, 0.1) is 0 Å². The molecule has 114 valence electrons. The number of carboxylic acids is 1. The number of hydrogen-bond acceptors (Lipinski definition) is 3. The summed E-state index contributed by atoms with van der Waals surface area (Å²) in [4.78, 5) is 27.8. The van der Waals surface area contributed by atoms with Crippen LogP contribution >= 0.6 is 0 Å². The van der Waals surface area contributed by atoms with Crippen molar-refractivity contribution in [2.45, 2.75) is 31.7 Å². The number of amides is 1. The first kappa shape index (κ1) is 15.4. The number of aliphatic carboxylic acids is 1. The van der Waals surface area contributed by atoms with Gasteiger partial charge >= 0.3 is 5.97 Å². The molecule has 1 aromatic rings. The van der Waals surface area contributed by atoms with Gasteiger partial charge in [-0.3, -0.25) is 4.79 Å². The van der Waals surface area contributed by atoms with Gasteiger partial charge in [0.1, 0.15) is 5.54 Å². The van der Waals surface area contributed by atoms with Crippen LogP contribution in [0.1, 0.15) is 36.5 Å². The minimum Gasteiger partial charge on any atom is -0.480 e. The molecule has 1 unspecified atom stereocenters. The maximum absolute atomic E-state index is 12.7. The highest BCUT2D eigenvalue weighted by Crippen LogP contribution is 2.30. The molecule has 1 aliphatic heterocycles. The van der Waals surface area contributed by atoms with Gasteiger partial charge in [0.25, 0.3) is 5.91 Å². The van der Waals surface area contributed by atoms with Crippen LogP contribution in [0.4, 0.5) is 5.69 Å². The number of carboxylic acid groups (broad SMARTS) is 1. The van der Waals surface area contributed by atoms with E-state index < -0.39 is 11.5 Å². The van der Waals surface area contributed by atoms with E-state index in [9.17, 15) is 14.7 Å². The Morgan fingerprint density at radius 2 is 2.00 bits per heavy atom. The van der Waals surface area contributed by atoms with Crippen LogP contribution in [0.5, 0.6) is 0 Å². The van der Waals surface area contributed by atoms with Gasteiger partial charge in [0, 0.05) is 31.9 Å². The average molecular weight is 290 g/mol. The van der Waals surface area contributed by atoms with Crippen LogP contribution in [-0.2, 0) is 4.79 Å². The summed E-state index contributed by atoms with van der Waals surface area (Å²) < 4.78 is 0. The lowest BCUT2D eigenvalue weighted by molar-refractivity contribution is -0.150. The highest BCUT2D eigenvalue weighted by atomic mass is 16.4. The third kappa shape index (κ3) is 2.86. The Morgan fingerprint density at radius 1 is 1.29 bits per heavy atom. The fourth-order valence-electron chi connectivity index (χ4n) is 2.74. The quantitative estimate of drug-likeness (QED) is 0.927. The Hall–Kier alpha value is -2.04. The van der Waals surface area contributed by atoms with E-state index in [1.54, 1.807) is 19.1 Å². The molecule has 1 heterocycles. The normalized spacial score (nSPS) is 22.0. The molecule has 21 heavy (non-hydrogen) atoms. The number of nitrogens with zero attached hydrogens (tertiary/aromatic N) is 2. The molecule has 0 saturated carbocycles. The van der Waals surface area contributed by atoms with Crippen LogP contribution in [0.25, 0.3) is 0 Å². The van der Waals surface area contributed by atoms with Crippen LogP contribution in [0.15, 0.2) is 24.3 Å². The summed E-state index contributed by atoms with van der Waals surface area (Å²) in [7, 11) is 3.82. The molecule has 1 atom stereocenters. The van der Waals surface area contributed by atoms with Crippen LogP contribution < -0.4 is 4.90 Å². The van der Waals surface area contributed by atoms with Crippen molar-refractivity contribution in [1.29, 1.82) is 0 Å². The summed E-state index contributed by atoms with van der Waals surface area (Å²) in [5.74, 6) is -1.14. The van der Waals surface area contributed by atoms with Gasteiger partial charge in [-0.15, -0.1) is 0 Å². The summed E-state index contributed by atoms with van der Waals surface area (Å²) in [6, 6.07) is 7.29. The Bertz CT molecular complexity index is 556. The molecular formula is C16H22N2O3. The fraction of sp³-hybridized carbons (Fsp3) is 0.500. The monoisotopic (exact) mass is 290 g/mol. The summed E-state index contributed by atoms with van der Waals surface area (Å²) in [6.07, 6.45) is 2.19. The second kappa shape index (κ2) is 5.76. The molecular weight excluding hydrogens is 268 g/mol. The molecule has 1 fully saturated rings. The second-order valence-electron chi connectivity index (χ2n) is 5.94. The minimum atomic E-state index is -1.11. The van der Waals surface area contributed by atoms with Crippen molar-refractivity contribution in [2.24, 2.45) is 0 Å². The van der Waals surface area contributed by atoms with Gasteiger partial charge in [-0.25, -0.2) is 4.79 Å². The molecule has 5 nitrogen and oxygen atoms in total. The largest absolute Gasteiger partial charge is 0.480 e. The molecule has 2 rings (SSSR count). The number of carbonyl (C=O) groups excluding carboxylic acids is 1. The van der Waals surface area contributed by atoms with Crippen molar-refractivity contribution >= 4 is 17.6 Å². The van der Waals surface area contributed by atoms with Gasteiger partial charge in [-0.05, 0) is 44.4 Å². The first-order valence-electron chi connectivity index (χ1n) is 7.19. The number of anilines is 1. The Kier molecular flexibility index (Phi) is 4.21. The predicted molar refractivity (Wildman–Crippen MR) is 81.7 cm³/mol. The van der Waals surface area contributed by atoms with E-state index in [4.69, 9.17) is 0 Å². The summed E-state index contributed by atoms with van der Waals surface area (Å²) in [5.41, 5.74) is 0.356. The van der Waals surface area contributed by atoms with Gasteiger partial charge < -0.3 is 14.9 Å². The molecule has 0 bridgehead atoms. The zero-order valence-corrected chi connectivity index (χ0v) is 12.8. The first-order chi connectivity index (χ1) is 9.86. The third-order valence-corrected chi connectivity index (χ3v) is 4.21. The standard InChI is InChI=1S/C16H22N2O3/c1-16(15(20)21)9-4-5-10-18(16)14(19)12-7-6-8-13(11-12)17(2)3/h6-8,11H,4-5,9-10H2,1-3H3,(H,20,21). The second-order valence-corrected chi connectivity index (χ2v) is 5.94. The van der Waals surface area contributed by atoms with E-state index >= 15 is 0 Å². The van der Waals surface area contributed by atoms with Crippen molar-refractivity contribution in [3.63, 3.8) is 0 Å². The van der Waals surface area contributed by atoms with E-state index in [1.165, 1.54) is 4.90 Å².